The maximum Gasteiger partial charge on any atom is 0.231 e. The van der Waals surface area contributed by atoms with Crippen molar-refractivity contribution >= 4 is 0 Å². The standard InChI is InChI=1S/C13H15N3O3/c1-4-16-13(14-8(2)15-16)9-5-11-12(19-7-18-11)6-10(9)17-3/h5-6H,4,7H2,1-3H3. The average molecular weight is 261 g/mol. The summed E-state index contributed by atoms with van der Waals surface area (Å²) >= 11 is 0. The van der Waals surface area contributed by atoms with Crippen LogP contribution in [-0.2, 0) is 6.54 Å². The molecule has 100 valence electrons. The van der Waals surface area contributed by atoms with E-state index >= 15 is 0 Å². The van der Waals surface area contributed by atoms with E-state index in [1.807, 2.05) is 30.7 Å². The third-order valence-corrected chi connectivity index (χ3v) is 3.01. The van der Waals surface area contributed by atoms with Crippen LogP contribution in [0.1, 0.15) is 12.7 Å². The van der Waals surface area contributed by atoms with Crippen molar-refractivity contribution in [2.45, 2.75) is 20.4 Å². The van der Waals surface area contributed by atoms with Crippen LogP contribution in [0.15, 0.2) is 12.1 Å². The summed E-state index contributed by atoms with van der Waals surface area (Å²) in [5.74, 6) is 3.61. The minimum Gasteiger partial charge on any atom is -0.496 e. The lowest BCUT2D eigenvalue weighted by Crippen LogP contribution is -2.01. The van der Waals surface area contributed by atoms with Crippen molar-refractivity contribution in [3.8, 4) is 28.6 Å². The second kappa shape index (κ2) is 4.46. The second-order valence-corrected chi connectivity index (χ2v) is 4.20. The number of ether oxygens (including phenoxy) is 3. The number of hydrogen-bond acceptors (Lipinski definition) is 5. The van der Waals surface area contributed by atoms with Gasteiger partial charge in [0.2, 0.25) is 6.79 Å². The molecule has 0 radical (unpaired) electrons. The largest absolute Gasteiger partial charge is 0.496 e. The van der Waals surface area contributed by atoms with Gasteiger partial charge in [-0.1, -0.05) is 0 Å². The summed E-state index contributed by atoms with van der Waals surface area (Å²) in [6.07, 6.45) is 0. The highest BCUT2D eigenvalue weighted by molar-refractivity contribution is 5.70. The van der Waals surface area contributed by atoms with Crippen LogP contribution in [0, 0.1) is 6.92 Å². The Kier molecular flexibility index (Phi) is 2.77. The van der Waals surface area contributed by atoms with Gasteiger partial charge in [-0.15, -0.1) is 0 Å². The molecule has 0 saturated heterocycles. The lowest BCUT2D eigenvalue weighted by atomic mass is 10.1. The fraction of sp³-hybridized carbons (Fsp3) is 0.385. The van der Waals surface area contributed by atoms with E-state index in [1.54, 1.807) is 7.11 Å². The molecule has 1 aromatic carbocycles. The topological polar surface area (TPSA) is 58.4 Å². The Bertz CT molecular complexity index is 622. The summed E-state index contributed by atoms with van der Waals surface area (Å²) in [6.45, 7) is 4.88. The third-order valence-electron chi connectivity index (χ3n) is 3.01. The van der Waals surface area contributed by atoms with Crippen LogP contribution in [0.2, 0.25) is 0 Å². The van der Waals surface area contributed by atoms with E-state index in [-0.39, 0.29) is 6.79 Å². The Hall–Kier alpha value is -2.24. The third kappa shape index (κ3) is 1.89. The Morgan fingerprint density at radius 1 is 1.32 bits per heavy atom. The molecule has 6 heteroatoms. The molecule has 3 rings (SSSR count). The Labute approximate surface area is 110 Å². The molecule has 0 aliphatic carbocycles. The van der Waals surface area contributed by atoms with E-state index in [0.29, 0.717) is 17.2 Å². The molecule has 0 saturated carbocycles. The van der Waals surface area contributed by atoms with E-state index in [1.165, 1.54) is 0 Å². The van der Waals surface area contributed by atoms with Crippen molar-refractivity contribution in [3.05, 3.63) is 18.0 Å². The molecule has 0 amide bonds. The predicted molar refractivity (Wildman–Crippen MR) is 68.5 cm³/mol. The fourth-order valence-corrected chi connectivity index (χ4v) is 2.14. The van der Waals surface area contributed by atoms with Gasteiger partial charge in [-0.3, -0.25) is 0 Å². The van der Waals surface area contributed by atoms with E-state index in [2.05, 4.69) is 10.1 Å². The smallest absolute Gasteiger partial charge is 0.231 e. The van der Waals surface area contributed by atoms with Crippen LogP contribution >= 0.6 is 0 Å². The molecule has 0 unspecified atom stereocenters. The average Bonchev–Trinajstić information content (AvgIpc) is 3.02. The molecule has 2 aromatic rings. The summed E-state index contributed by atoms with van der Waals surface area (Å²) in [7, 11) is 1.63. The first kappa shape index (κ1) is 11.8. The van der Waals surface area contributed by atoms with Gasteiger partial charge in [-0.25, -0.2) is 9.67 Å². The zero-order valence-electron chi connectivity index (χ0n) is 11.1. The van der Waals surface area contributed by atoms with Gasteiger partial charge in [-0.2, -0.15) is 5.10 Å². The number of aryl methyl sites for hydroxylation is 2. The summed E-state index contributed by atoms with van der Waals surface area (Å²) < 4.78 is 18.0. The molecule has 1 aliphatic rings. The monoisotopic (exact) mass is 261 g/mol. The number of rotatable bonds is 3. The van der Waals surface area contributed by atoms with Crippen molar-refractivity contribution in [2.75, 3.05) is 13.9 Å². The van der Waals surface area contributed by atoms with Crippen molar-refractivity contribution in [3.63, 3.8) is 0 Å². The number of fused-ring (bicyclic) bond motifs is 1. The molecule has 0 atom stereocenters. The molecule has 0 N–H and O–H groups in total. The van der Waals surface area contributed by atoms with Crippen LogP contribution in [0.3, 0.4) is 0 Å². The minimum atomic E-state index is 0.238. The van der Waals surface area contributed by atoms with Gasteiger partial charge in [0.1, 0.15) is 11.6 Å². The van der Waals surface area contributed by atoms with Crippen molar-refractivity contribution in [1.29, 1.82) is 0 Å². The van der Waals surface area contributed by atoms with Crippen LogP contribution in [0.5, 0.6) is 17.2 Å². The normalized spacial score (nSPS) is 12.8. The van der Waals surface area contributed by atoms with E-state index < -0.39 is 0 Å². The fourth-order valence-electron chi connectivity index (χ4n) is 2.14. The number of benzene rings is 1. The number of hydrogen-bond donors (Lipinski definition) is 0. The molecule has 0 bridgehead atoms. The summed E-state index contributed by atoms with van der Waals surface area (Å²) in [4.78, 5) is 4.46. The Morgan fingerprint density at radius 3 is 2.74 bits per heavy atom. The molecule has 0 fully saturated rings. The van der Waals surface area contributed by atoms with Crippen molar-refractivity contribution in [2.24, 2.45) is 0 Å². The summed E-state index contributed by atoms with van der Waals surface area (Å²) in [5, 5.41) is 4.35. The quantitative estimate of drug-likeness (QED) is 0.846. The zero-order chi connectivity index (χ0) is 13.4. The van der Waals surface area contributed by atoms with Crippen LogP contribution in [0.4, 0.5) is 0 Å². The van der Waals surface area contributed by atoms with Gasteiger partial charge in [0, 0.05) is 12.6 Å². The van der Waals surface area contributed by atoms with Crippen LogP contribution < -0.4 is 14.2 Å². The SMILES string of the molecule is CCn1nc(C)nc1-c1cc2c(cc1OC)OCO2. The minimum absolute atomic E-state index is 0.238. The molecular formula is C13H15N3O3. The van der Waals surface area contributed by atoms with Gasteiger partial charge in [-0.05, 0) is 19.9 Å². The molecule has 2 heterocycles. The Balaban J connectivity index is 2.18. The van der Waals surface area contributed by atoms with E-state index in [4.69, 9.17) is 14.2 Å². The van der Waals surface area contributed by atoms with Crippen LogP contribution in [0.25, 0.3) is 11.4 Å². The molecule has 19 heavy (non-hydrogen) atoms. The van der Waals surface area contributed by atoms with E-state index in [0.717, 1.165) is 23.8 Å². The van der Waals surface area contributed by atoms with Gasteiger partial charge < -0.3 is 14.2 Å². The molecule has 6 nitrogen and oxygen atoms in total. The number of nitrogens with zero attached hydrogens (tertiary/aromatic N) is 3. The lowest BCUT2D eigenvalue weighted by Gasteiger charge is -2.09. The van der Waals surface area contributed by atoms with Crippen molar-refractivity contribution in [1.82, 2.24) is 14.8 Å². The lowest BCUT2D eigenvalue weighted by molar-refractivity contribution is 0.174. The maximum atomic E-state index is 5.42. The predicted octanol–water partition coefficient (Wildman–Crippen LogP) is 2.01. The highest BCUT2D eigenvalue weighted by atomic mass is 16.7. The zero-order valence-corrected chi connectivity index (χ0v) is 11.1. The summed E-state index contributed by atoms with van der Waals surface area (Å²) in [5.41, 5.74) is 0.856. The van der Waals surface area contributed by atoms with Crippen LogP contribution in [-0.4, -0.2) is 28.7 Å². The number of methoxy groups -OCH3 is 1. The summed E-state index contributed by atoms with van der Waals surface area (Å²) in [6, 6.07) is 3.71. The maximum absolute atomic E-state index is 5.42. The van der Waals surface area contributed by atoms with Gasteiger partial charge >= 0.3 is 0 Å². The highest BCUT2D eigenvalue weighted by Crippen LogP contribution is 2.41. The van der Waals surface area contributed by atoms with E-state index in [9.17, 15) is 0 Å². The molecular weight excluding hydrogens is 246 g/mol. The van der Waals surface area contributed by atoms with Crippen molar-refractivity contribution < 1.29 is 14.2 Å². The first-order valence-electron chi connectivity index (χ1n) is 6.12. The van der Waals surface area contributed by atoms with Gasteiger partial charge in [0.05, 0.1) is 12.7 Å². The molecule has 1 aromatic heterocycles. The highest BCUT2D eigenvalue weighted by Gasteiger charge is 2.21. The second-order valence-electron chi connectivity index (χ2n) is 4.20. The first-order chi connectivity index (χ1) is 9.22. The number of aromatic nitrogens is 3. The van der Waals surface area contributed by atoms with Gasteiger partial charge in [0.15, 0.2) is 17.3 Å². The Morgan fingerprint density at radius 2 is 2.05 bits per heavy atom. The first-order valence-corrected chi connectivity index (χ1v) is 6.12. The van der Waals surface area contributed by atoms with Gasteiger partial charge in [0.25, 0.3) is 0 Å². The molecule has 1 aliphatic heterocycles. The molecule has 0 spiro atoms.